The zero-order valence-electron chi connectivity index (χ0n) is 13.4. The molecule has 3 rings (SSSR count). The molecule has 1 N–H and O–H groups in total. The van der Waals surface area contributed by atoms with Crippen LogP contribution in [0.2, 0.25) is 5.02 Å². The third-order valence-electron chi connectivity index (χ3n) is 4.04. The molecule has 130 valence electrons. The minimum absolute atomic E-state index is 0.00319. The molecule has 0 amide bonds. The summed E-state index contributed by atoms with van der Waals surface area (Å²) in [6.07, 6.45) is -4.26. The van der Waals surface area contributed by atoms with Gasteiger partial charge in [0, 0.05) is 11.1 Å². The number of nitrogens with one attached hydrogen (secondary N) is 1. The molecule has 1 heterocycles. The van der Waals surface area contributed by atoms with Crippen LogP contribution < -0.4 is 5.32 Å². The summed E-state index contributed by atoms with van der Waals surface area (Å²) in [5.74, 6) is -0.953. The Kier molecular flexibility index (Phi) is 4.86. The summed E-state index contributed by atoms with van der Waals surface area (Å²) >= 11 is 6.15. The van der Waals surface area contributed by atoms with E-state index in [9.17, 15) is 13.2 Å². The van der Waals surface area contributed by atoms with Gasteiger partial charge in [-0.25, -0.2) is 4.98 Å². The van der Waals surface area contributed by atoms with Crippen LogP contribution in [0.3, 0.4) is 0 Å². The van der Waals surface area contributed by atoms with E-state index in [0.717, 1.165) is 5.39 Å². The van der Waals surface area contributed by atoms with Crippen LogP contribution in [0, 0.1) is 0 Å². The number of para-hydroxylation sites is 1. The molecule has 0 spiro atoms. The van der Waals surface area contributed by atoms with Gasteiger partial charge >= 0.3 is 6.18 Å². The number of hydrogen-bond donors (Lipinski definition) is 1. The molecule has 2 aromatic carbocycles. The van der Waals surface area contributed by atoms with E-state index in [1.807, 2.05) is 18.2 Å². The number of pyridine rings is 1. The first kappa shape index (κ1) is 17.5. The highest BCUT2D eigenvalue weighted by molar-refractivity contribution is 6.35. The number of fused-ring (bicyclic) bond motifs is 1. The predicted octanol–water partition coefficient (Wildman–Crippen LogP) is 6.69. The summed E-state index contributed by atoms with van der Waals surface area (Å²) in [7, 11) is 0. The SMILES string of the molecule is CCC(c1cccc(Nc2ccc3cccc(Cl)c3n2)c1)C(F)(F)F. The van der Waals surface area contributed by atoms with Crippen LogP contribution in [0.15, 0.2) is 54.6 Å². The summed E-state index contributed by atoms with van der Waals surface area (Å²) in [5.41, 5.74) is 1.44. The first-order chi connectivity index (χ1) is 11.9. The highest BCUT2D eigenvalue weighted by Crippen LogP contribution is 2.38. The number of anilines is 2. The molecule has 0 bridgehead atoms. The third-order valence-corrected chi connectivity index (χ3v) is 4.34. The second-order valence-corrected chi connectivity index (χ2v) is 6.17. The molecule has 0 saturated heterocycles. The lowest BCUT2D eigenvalue weighted by atomic mass is 9.95. The van der Waals surface area contributed by atoms with Gasteiger partial charge < -0.3 is 5.32 Å². The quantitative estimate of drug-likeness (QED) is 0.558. The van der Waals surface area contributed by atoms with Crippen LogP contribution in [-0.4, -0.2) is 11.2 Å². The largest absolute Gasteiger partial charge is 0.395 e. The molecule has 2 nitrogen and oxygen atoms in total. The molecule has 0 fully saturated rings. The van der Waals surface area contributed by atoms with Crippen molar-refractivity contribution in [1.29, 1.82) is 0 Å². The van der Waals surface area contributed by atoms with Crippen molar-refractivity contribution < 1.29 is 13.2 Å². The van der Waals surface area contributed by atoms with Crippen molar-refractivity contribution in [1.82, 2.24) is 4.98 Å². The number of benzene rings is 2. The van der Waals surface area contributed by atoms with E-state index in [0.29, 0.717) is 22.0 Å². The zero-order valence-corrected chi connectivity index (χ0v) is 14.2. The van der Waals surface area contributed by atoms with Gasteiger partial charge in [0.2, 0.25) is 0 Å². The van der Waals surface area contributed by atoms with E-state index in [4.69, 9.17) is 11.6 Å². The van der Waals surface area contributed by atoms with Crippen LogP contribution in [-0.2, 0) is 0 Å². The van der Waals surface area contributed by atoms with Gasteiger partial charge in [-0.05, 0) is 42.3 Å². The monoisotopic (exact) mass is 364 g/mol. The van der Waals surface area contributed by atoms with Gasteiger partial charge in [0.15, 0.2) is 0 Å². The van der Waals surface area contributed by atoms with E-state index in [-0.39, 0.29) is 12.0 Å². The van der Waals surface area contributed by atoms with Crippen molar-refractivity contribution in [3.63, 3.8) is 0 Å². The Morgan fingerprint density at radius 1 is 1.08 bits per heavy atom. The molecule has 0 saturated carbocycles. The van der Waals surface area contributed by atoms with E-state index in [1.54, 1.807) is 24.3 Å². The Hall–Kier alpha value is -2.27. The maximum atomic E-state index is 13.1. The summed E-state index contributed by atoms with van der Waals surface area (Å²) in [4.78, 5) is 4.45. The maximum absolute atomic E-state index is 13.1. The van der Waals surface area contributed by atoms with Crippen molar-refractivity contribution in [3.05, 3.63) is 65.2 Å². The minimum Gasteiger partial charge on any atom is -0.340 e. The average Bonchev–Trinajstić information content (AvgIpc) is 2.55. The molecule has 25 heavy (non-hydrogen) atoms. The van der Waals surface area contributed by atoms with E-state index in [1.165, 1.54) is 19.1 Å². The first-order valence-corrected chi connectivity index (χ1v) is 8.25. The van der Waals surface area contributed by atoms with Crippen LogP contribution in [0.25, 0.3) is 10.9 Å². The number of nitrogens with zero attached hydrogens (tertiary/aromatic N) is 1. The molecular weight excluding hydrogens is 349 g/mol. The lowest BCUT2D eigenvalue weighted by Gasteiger charge is -2.19. The third kappa shape index (κ3) is 3.87. The average molecular weight is 365 g/mol. The van der Waals surface area contributed by atoms with Crippen molar-refractivity contribution in [2.45, 2.75) is 25.4 Å². The van der Waals surface area contributed by atoms with Crippen LogP contribution in [0.5, 0.6) is 0 Å². The van der Waals surface area contributed by atoms with Crippen molar-refractivity contribution >= 4 is 34.0 Å². The van der Waals surface area contributed by atoms with E-state index < -0.39 is 12.1 Å². The minimum atomic E-state index is -4.26. The number of aromatic nitrogens is 1. The molecule has 0 radical (unpaired) electrons. The molecule has 6 heteroatoms. The summed E-state index contributed by atoms with van der Waals surface area (Å²) in [5, 5.41) is 4.48. The van der Waals surface area contributed by atoms with Crippen molar-refractivity contribution in [2.24, 2.45) is 0 Å². The number of rotatable bonds is 4. The smallest absolute Gasteiger partial charge is 0.340 e. The number of alkyl halides is 3. The molecule has 0 aliphatic rings. The maximum Gasteiger partial charge on any atom is 0.395 e. The fourth-order valence-corrected chi connectivity index (χ4v) is 3.04. The Balaban J connectivity index is 1.91. The Labute approximate surface area is 148 Å². The van der Waals surface area contributed by atoms with Gasteiger partial charge in [0.25, 0.3) is 0 Å². The summed E-state index contributed by atoms with van der Waals surface area (Å²) in [6, 6.07) is 15.5. The lowest BCUT2D eigenvalue weighted by Crippen LogP contribution is -2.20. The number of hydrogen-bond acceptors (Lipinski definition) is 2. The van der Waals surface area contributed by atoms with E-state index >= 15 is 0 Å². The number of halogens is 4. The normalized spacial score (nSPS) is 13.0. The highest BCUT2D eigenvalue weighted by atomic mass is 35.5. The fraction of sp³-hybridized carbons (Fsp3) is 0.211. The molecular formula is C19H16ClF3N2. The van der Waals surface area contributed by atoms with Gasteiger partial charge in [-0.2, -0.15) is 13.2 Å². The molecule has 1 atom stereocenters. The Bertz CT molecular complexity index is 893. The zero-order chi connectivity index (χ0) is 18.0. The van der Waals surface area contributed by atoms with Crippen LogP contribution in [0.4, 0.5) is 24.7 Å². The molecule has 1 aromatic heterocycles. The van der Waals surface area contributed by atoms with Gasteiger partial charge in [-0.3, -0.25) is 0 Å². The van der Waals surface area contributed by atoms with Gasteiger partial charge in [-0.15, -0.1) is 0 Å². The van der Waals surface area contributed by atoms with Gasteiger partial charge in [-0.1, -0.05) is 42.8 Å². The second kappa shape index (κ2) is 6.92. The second-order valence-electron chi connectivity index (χ2n) is 5.76. The Morgan fingerprint density at radius 3 is 2.56 bits per heavy atom. The standard InChI is InChI=1S/C19H16ClF3N2/c1-2-15(19(21,22)23)13-6-3-7-14(11-13)24-17-10-9-12-5-4-8-16(20)18(12)25-17/h3-11,15H,2H2,1H3,(H,24,25). The van der Waals surface area contributed by atoms with Gasteiger partial charge in [0.05, 0.1) is 16.5 Å². The molecule has 3 aromatic rings. The molecule has 0 aliphatic carbocycles. The van der Waals surface area contributed by atoms with Crippen LogP contribution in [0.1, 0.15) is 24.8 Å². The van der Waals surface area contributed by atoms with E-state index in [2.05, 4.69) is 10.3 Å². The first-order valence-electron chi connectivity index (χ1n) is 7.87. The summed E-state index contributed by atoms with van der Waals surface area (Å²) in [6.45, 7) is 1.53. The topological polar surface area (TPSA) is 24.9 Å². The lowest BCUT2D eigenvalue weighted by molar-refractivity contribution is -0.151. The highest BCUT2D eigenvalue weighted by Gasteiger charge is 2.39. The predicted molar refractivity (Wildman–Crippen MR) is 95.6 cm³/mol. The van der Waals surface area contributed by atoms with Gasteiger partial charge in [0.1, 0.15) is 5.82 Å². The Morgan fingerprint density at radius 2 is 1.84 bits per heavy atom. The van der Waals surface area contributed by atoms with Crippen LogP contribution >= 0.6 is 11.6 Å². The molecule has 1 unspecified atom stereocenters. The van der Waals surface area contributed by atoms with Crippen molar-refractivity contribution in [3.8, 4) is 0 Å². The molecule has 0 aliphatic heterocycles. The fourth-order valence-electron chi connectivity index (χ4n) is 2.82. The van der Waals surface area contributed by atoms with Crippen molar-refractivity contribution in [2.75, 3.05) is 5.32 Å². The summed E-state index contributed by atoms with van der Waals surface area (Å²) < 4.78 is 39.4.